The fourth-order valence-corrected chi connectivity index (χ4v) is 3.77. The van der Waals surface area contributed by atoms with E-state index in [0.29, 0.717) is 5.69 Å². The van der Waals surface area contributed by atoms with Crippen molar-refractivity contribution in [2.24, 2.45) is 5.73 Å². The normalized spacial score (nSPS) is 13.9. The number of aromatic nitrogens is 2. The van der Waals surface area contributed by atoms with E-state index in [1.54, 1.807) is 0 Å². The Kier molecular flexibility index (Phi) is 10.1. The van der Waals surface area contributed by atoms with Crippen LogP contribution in [-0.4, -0.2) is 62.9 Å². The second kappa shape index (κ2) is 13.7. The number of carboxylic acids is 1. The van der Waals surface area contributed by atoms with Crippen LogP contribution in [0.25, 0.3) is 0 Å². The number of nitrogens with one attached hydrogen (secondary N) is 4. The largest absolute Gasteiger partial charge is 0.480 e. The topological polar surface area (TPSA) is 179 Å². The van der Waals surface area contributed by atoms with E-state index >= 15 is 0 Å². The molecule has 1 heterocycles. The molecular formula is C27H32N6O5. The Labute approximate surface area is 220 Å². The zero-order valence-corrected chi connectivity index (χ0v) is 21.0. The highest BCUT2D eigenvalue weighted by atomic mass is 16.4. The molecule has 0 fully saturated rings. The predicted molar refractivity (Wildman–Crippen MR) is 140 cm³/mol. The summed E-state index contributed by atoms with van der Waals surface area (Å²) in [7, 11) is 0. The minimum Gasteiger partial charge on any atom is -0.480 e. The van der Waals surface area contributed by atoms with Crippen molar-refractivity contribution in [2.45, 2.75) is 50.4 Å². The van der Waals surface area contributed by atoms with Crippen LogP contribution in [0.5, 0.6) is 0 Å². The molecule has 38 heavy (non-hydrogen) atoms. The molecule has 0 spiro atoms. The van der Waals surface area contributed by atoms with Crippen molar-refractivity contribution in [3.63, 3.8) is 0 Å². The molecule has 0 aliphatic carbocycles. The number of H-pyrrole nitrogens is 1. The van der Waals surface area contributed by atoms with E-state index in [1.165, 1.54) is 19.4 Å². The van der Waals surface area contributed by atoms with Crippen molar-refractivity contribution in [2.75, 3.05) is 0 Å². The Balaban J connectivity index is 1.77. The zero-order chi connectivity index (χ0) is 27.5. The number of carboxylic acid groups (broad SMARTS) is 1. The van der Waals surface area contributed by atoms with Gasteiger partial charge in [-0.3, -0.25) is 19.2 Å². The number of hydrogen-bond donors (Lipinski definition) is 6. The first kappa shape index (κ1) is 28.1. The SMILES string of the molecule is CC(NC(=O)C(Cc1cnc[nH]1)NC(=O)C(Cc1ccccc1)NC(=O)C(N)Cc1ccccc1)C(=O)O. The fourth-order valence-electron chi connectivity index (χ4n) is 3.77. The van der Waals surface area contributed by atoms with Gasteiger partial charge in [-0.1, -0.05) is 60.7 Å². The van der Waals surface area contributed by atoms with Gasteiger partial charge in [-0.25, -0.2) is 4.98 Å². The van der Waals surface area contributed by atoms with Crippen molar-refractivity contribution < 1.29 is 24.3 Å². The minimum atomic E-state index is -1.22. The van der Waals surface area contributed by atoms with Crippen LogP contribution in [0.1, 0.15) is 23.7 Å². The van der Waals surface area contributed by atoms with Crippen LogP contribution in [0.3, 0.4) is 0 Å². The summed E-state index contributed by atoms with van der Waals surface area (Å²) in [6.07, 6.45) is 3.39. The molecule has 1 aromatic heterocycles. The Morgan fingerprint density at radius 3 is 1.89 bits per heavy atom. The van der Waals surface area contributed by atoms with Crippen LogP contribution in [0.4, 0.5) is 0 Å². The third-order valence-corrected chi connectivity index (χ3v) is 5.89. The van der Waals surface area contributed by atoms with Gasteiger partial charge in [0.1, 0.15) is 18.1 Å². The van der Waals surface area contributed by atoms with Crippen molar-refractivity contribution in [3.05, 3.63) is 90.0 Å². The van der Waals surface area contributed by atoms with Gasteiger partial charge in [0.05, 0.1) is 12.4 Å². The van der Waals surface area contributed by atoms with Crippen LogP contribution >= 0.6 is 0 Å². The lowest BCUT2D eigenvalue weighted by Crippen LogP contribution is -2.58. The van der Waals surface area contributed by atoms with Gasteiger partial charge in [0, 0.05) is 24.7 Å². The van der Waals surface area contributed by atoms with E-state index < -0.39 is 47.9 Å². The molecule has 0 bridgehead atoms. The van der Waals surface area contributed by atoms with Gasteiger partial charge in [0.15, 0.2) is 0 Å². The molecule has 3 rings (SSSR count). The van der Waals surface area contributed by atoms with E-state index in [-0.39, 0.29) is 19.3 Å². The van der Waals surface area contributed by atoms with E-state index in [2.05, 4.69) is 25.9 Å². The molecule has 200 valence electrons. The molecule has 0 aliphatic heterocycles. The number of aliphatic carboxylic acids is 1. The lowest BCUT2D eigenvalue weighted by atomic mass is 10.0. The number of amides is 3. The Hall–Kier alpha value is -4.51. The van der Waals surface area contributed by atoms with Crippen LogP contribution in [0.15, 0.2) is 73.2 Å². The molecule has 11 heteroatoms. The van der Waals surface area contributed by atoms with Crippen LogP contribution in [0.2, 0.25) is 0 Å². The van der Waals surface area contributed by atoms with Crippen LogP contribution in [0, 0.1) is 0 Å². The molecule has 7 N–H and O–H groups in total. The van der Waals surface area contributed by atoms with Gasteiger partial charge in [-0.05, 0) is 24.5 Å². The second-order valence-corrected chi connectivity index (χ2v) is 8.96. The summed E-state index contributed by atoms with van der Waals surface area (Å²) in [5.41, 5.74) is 8.37. The lowest BCUT2D eigenvalue weighted by molar-refractivity contribution is -0.141. The highest BCUT2D eigenvalue weighted by molar-refractivity contribution is 5.94. The van der Waals surface area contributed by atoms with E-state index in [9.17, 15) is 24.3 Å². The van der Waals surface area contributed by atoms with E-state index in [1.807, 2.05) is 60.7 Å². The number of hydrogen-bond acceptors (Lipinski definition) is 6. The van der Waals surface area contributed by atoms with Crippen molar-refractivity contribution in [3.8, 4) is 0 Å². The molecule has 4 atom stereocenters. The highest BCUT2D eigenvalue weighted by Gasteiger charge is 2.30. The van der Waals surface area contributed by atoms with Gasteiger partial charge in [-0.15, -0.1) is 0 Å². The first-order valence-electron chi connectivity index (χ1n) is 12.2. The Morgan fingerprint density at radius 1 is 0.816 bits per heavy atom. The van der Waals surface area contributed by atoms with Gasteiger partial charge in [-0.2, -0.15) is 0 Å². The molecule has 4 unspecified atom stereocenters. The quantitative estimate of drug-likeness (QED) is 0.188. The molecule has 0 saturated heterocycles. The first-order chi connectivity index (χ1) is 18.2. The zero-order valence-electron chi connectivity index (χ0n) is 21.0. The second-order valence-electron chi connectivity index (χ2n) is 8.96. The van der Waals surface area contributed by atoms with Gasteiger partial charge < -0.3 is 31.8 Å². The molecular weight excluding hydrogens is 488 g/mol. The monoisotopic (exact) mass is 520 g/mol. The van der Waals surface area contributed by atoms with Crippen LogP contribution in [-0.2, 0) is 38.4 Å². The number of aromatic amines is 1. The third kappa shape index (κ3) is 8.56. The summed E-state index contributed by atoms with van der Waals surface area (Å²) in [5, 5.41) is 17.0. The minimum absolute atomic E-state index is 0.0312. The van der Waals surface area contributed by atoms with Crippen molar-refractivity contribution in [1.29, 1.82) is 0 Å². The van der Waals surface area contributed by atoms with E-state index in [4.69, 9.17) is 5.73 Å². The number of nitrogens with zero attached hydrogens (tertiary/aromatic N) is 1. The average molecular weight is 521 g/mol. The summed E-state index contributed by atoms with van der Waals surface area (Å²) < 4.78 is 0. The summed E-state index contributed by atoms with van der Waals surface area (Å²) in [5.74, 6) is -3.03. The standard InChI is InChI=1S/C27H32N6O5/c1-17(27(37)38)31-25(35)23(14-20-15-29-16-30-20)33-26(36)22(13-19-10-6-3-7-11-19)32-24(34)21(28)12-18-8-4-2-5-9-18/h2-11,15-17,21-23H,12-14,28H2,1H3,(H,29,30)(H,31,35)(H,32,34)(H,33,36)(H,37,38). The van der Waals surface area contributed by atoms with Crippen LogP contribution < -0.4 is 21.7 Å². The predicted octanol–water partition coefficient (Wildman–Crippen LogP) is 0.324. The van der Waals surface area contributed by atoms with Gasteiger partial charge in [0.25, 0.3) is 0 Å². The first-order valence-corrected chi connectivity index (χ1v) is 12.2. The van der Waals surface area contributed by atoms with Crippen molar-refractivity contribution in [1.82, 2.24) is 25.9 Å². The summed E-state index contributed by atoms with van der Waals surface area (Å²) >= 11 is 0. The van der Waals surface area contributed by atoms with Gasteiger partial charge in [0.2, 0.25) is 17.7 Å². The number of imidazole rings is 1. The maximum atomic E-state index is 13.4. The maximum absolute atomic E-state index is 13.4. The Bertz CT molecular complexity index is 1200. The third-order valence-electron chi connectivity index (χ3n) is 5.89. The fraction of sp³-hybridized carbons (Fsp3) is 0.296. The number of nitrogens with two attached hydrogens (primary N) is 1. The highest BCUT2D eigenvalue weighted by Crippen LogP contribution is 2.08. The molecule has 3 amide bonds. The van der Waals surface area contributed by atoms with Crippen molar-refractivity contribution >= 4 is 23.7 Å². The summed E-state index contributed by atoms with van der Waals surface area (Å²) in [4.78, 5) is 57.4. The lowest BCUT2D eigenvalue weighted by Gasteiger charge is -2.25. The number of rotatable bonds is 13. The molecule has 0 saturated carbocycles. The molecule has 0 radical (unpaired) electrons. The van der Waals surface area contributed by atoms with E-state index in [0.717, 1.165) is 11.1 Å². The number of benzene rings is 2. The average Bonchev–Trinajstić information content (AvgIpc) is 3.42. The molecule has 0 aliphatic rings. The maximum Gasteiger partial charge on any atom is 0.325 e. The summed E-state index contributed by atoms with van der Waals surface area (Å²) in [6, 6.07) is 14.1. The summed E-state index contributed by atoms with van der Waals surface area (Å²) in [6.45, 7) is 1.32. The van der Waals surface area contributed by atoms with Gasteiger partial charge >= 0.3 is 5.97 Å². The molecule has 11 nitrogen and oxygen atoms in total. The smallest absolute Gasteiger partial charge is 0.325 e. The molecule has 3 aromatic rings. The molecule has 2 aromatic carbocycles. The number of carbonyl (C=O) groups is 4. The Morgan fingerprint density at radius 2 is 1.34 bits per heavy atom. The number of carbonyl (C=O) groups excluding carboxylic acids is 3.